The van der Waals surface area contributed by atoms with Crippen LogP contribution in [0.15, 0.2) is 20.6 Å². The molecule has 1 fully saturated rings. The van der Waals surface area contributed by atoms with Crippen molar-refractivity contribution in [3.63, 3.8) is 0 Å². The van der Waals surface area contributed by atoms with Crippen molar-refractivity contribution in [2.75, 3.05) is 13.1 Å². The number of aliphatic imine (C=N–C) groups is 1. The minimum atomic E-state index is -0.353. The third-order valence-electron chi connectivity index (χ3n) is 3.24. The van der Waals surface area contributed by atoms with Crippen LogP contribution in [0, 0.1) is 0 Å². The van der Waals surface area contributed by atoms with Gasteiger partial charge in [0.05, 0.1) is 6.34 Å². The molecular formula is C12H18N4O2. The number of nitrogens with zero attached hydrogens (tertiary/aromatic N) is 4. The van der Waals surface area contributed by atoms with E-state index in [1.54, 1.807) is 13.4 Å². The van der Waals surface area contributed by atoms with Gasteiger partial charge in [-0.15, -0.1) is 0 Å². The summed E-state index contributed by atoms with van der Waals surface area (Å²) in [6.45, 7) is 1.98. The minimum absolute atomic E-state index is 0.330. The Balaban J connectivity index is 2.26. The summed E-state index contributed by atoms with van der Waals surface area (Å²) in [6.07, 6.45) is 5.32. The molecule has 1 aromatic rings. The molecule has 0 radical (unpaired) electrons. The molecule has 0 atom stereocenters. The lowest BCUT2D eigenvalue weighted by atomic mass is 10.1. The molecule has 1 aromatic heterocycles. The Bertz CT molecular complexity index is 564. The first kappa shape index (κ1) is 12.6. The standard InChI is InChI=1S/C12H18N4O2/c1-14-10(8-11(17)15(2)12(14)18)13-9-16-6-4-3-5-7-16/h8-9H,3-7H2,1-2H3. The lowest BCUT2D eigenvalue weighted by molar-refractivity contribution is 0.351. The molecule has 18 heavy (non-hydrogen) atoms. The molecular weight excluding hydrogens is 232 g/mol. The van der Waals surface area contributed by atoms with E-state index in [-0.39, 0.29) is 11.2 Å². The Morgan fingerprint density at radius 1 is 1.11 bits per heavy atom. The molecule has 1 aliphatic rings. The van der Waals surface area contributed by atoms with Crippen molar-refractivity contribution >= 4 is 12.2 Å². The maximum atomic E-state index is 11.7. The molecule has 0 spiro atoms. The Kier molecular flexibility index (Phi) is 3.64. The summed E-state index contributed by atoms with van der Waals surface area (Å²) in [5, 5.41) is 0. The fraction of sp³-hybridized carbons (Fsp3) is 0.583. The smallest absolute Gasteiger partial charge is 0.332 e. The Morgan fingerprint density at radius 3 is 2.44 bits per heavy atom. The quantitative estimate of drug-likeness (QED) is 0.557. The molecule has 0 bridgehead atoms. The van der Waals surface area contributed by atoms with Gasteiger partial charge < -0.3 is 4.90 Å². The summed E-state index contributed by atoms with van der Waals surface area (Å²) in [5.41, 5.74) is -0.683. The third-order valence-corrected chi connectivity index (χ3v) is 3.24. The minimum Gasteiger partial charge on any atom is -0.363 e. The zero-order valence-electron chi connectivity index (χ0n) is 10.8. The highest BCUT2D eigenvalue weighted by atomic mass is 16.2. The van der Waals surface area contributed by atoms with Crippen molar-refractivity contribution in [3.8, 4) is 0 Å². The van der Waals surface area contributed by atoms with E-state index in [1.807, 2.05) is 0 Å². The molecule has 2 heterocycles. The van der Waals surface area contributed by atoms with Gasteiger partial charge >= 0.3 is 5.69 Å². The van der Waals surface area contributed by atoms with Crippen LogP contribution in [0.4, 0.5) is 5.82 Å². The van der Waals surface area contributed by atoms with E-state index in [2.05, 4.69) is 9.89 Å². The van der Waals surface area contributed by atoms with E-state index in [4.69, 9.17) is 0 Å². The van der Waals surface area contributed by atoms with E-state index < -0.39 is 0 Å². The first-order valence-corrected chi connectivity index (χ1v) is 6.15. The number of hydrogen-bond acceptors (Lipinski definition) is 3. The molecule has 0 N–H and O–H groups in total. The van der Waals surface area contributed by atoms with Gasteiger partial charge in [0.1, 0.15) is 5.82 Å². The average molecular weight is 250 g/mol. The molecule has 98 valence electrons. The summed E-state index contributed by atoms with van der Waals surface area (Å²) in [6, 6.07) is 1.38. The van der Waals surface area contributed by atoms with Crippen LogP contribution in [0.1, 0.15) is 19.3 Å². The topological polar surface area (TPSA) is 59.6 Å². The number of piperidine rings is 1. The molecule has 0 unspecified atom stereocenters. The SMILES string of the molecule is Cn1c(N=CN2CCCCC2)cc(=O)n(C)c1=O. The summed E-state index contributed by atoms with van der Waals surface area (Å²) in [7, 11) is 3.08. The second-order valence-corrected chi connectivity index (χ2v) is 4.58. The van der Waals surface area contributed by atoms with E-state index >= 15 is 0 Å². The fourth-order valence-corrected chi connectivity index (χ4v) is 2.02. The van der Waals surface area contributed by atoms with Crippen LogP contribution < -0.4 is 11.2 Å². The highest BCUT2D eigenvalue weighted by Gasteiger charge is 2.07. The third kappa shape index (κ3) is 2.52. The van der Waals surface area contributed by atoms with Gasteiger partial charge in [0.2, 0.25) is 0 Å². The predicted octanol–water partition coefficient (Wildman–Crippen LogP) is 0.230. The molecule has 0 amide bonds. The van der Waals surface area contributed by atoms with Crippen LogP contribution in [0.5, 0.6) is 0 Å². The van der Waals surface area contributed by atoms with Crippen molar-refractivity contribution in [2.24, 2.45) is 19.1 Å². The highest BCUT2D eigenvalue weighted by Crippen LogP contribution is 2.08. The Morgan fingerprint density at radius 2 is 1.78 bits per heavy atom. The first-order chi connectivity index (χ1) is 8.59. The number of aromatic nitrogens is 2. The molecule has 1 aliphatic heterocycles. The van der Waals surface area contributed by atoms with Crippen LogP contribution in [0.3, 0.4) is 0 Å². The van der Waals surface area contributed by atoms with Crippen LogP contribution in [-0.4, -0.2) is 33.5 Å². The monoisotopic (exact) mass is 250 g/mol. The van der Waals surface area contributed by atoms with Gasteiger partial charge in [0.25, 0.3) is 5.56 Å². The molecule has 2 rings (SSSR count). The Labute approximate surface area is 105 Å². The maximum absolute atomic E-state index is 11.7. The zero-order valence-corrected chi connectivity index (χ0v) is 10.8. The van der Waals surface area contributed by atoms with E-state index in [1.165, 1.54) is 36.9 Å². The average Bonchev–Trinajstić information content (AvgIpc) is 2.40. The van der Waals surface area contributed by atoms with Crippen LogP contribution in [0.2, 0.25) is 0 Å². The van der Waals surface area contributed by atoms with Crippen LogP contribution in [-0.2, 0) is 14.1 Å². The molecule has 6 nitrogen and oxygen atoms in total. The van der Waals surface area contributed by atoms with Gasteiger partial charge in [-0.05, 0) is 19.3 Å². The molecule has 0 saturated carbocycles. The molecule has 0 aliphatic carbocycles. The Hall–Kier alpha value is -1.85. The largest absolute Gasteiger partial charge is 0.363 e. The van der Waals surface area contributed by atoms with Gasteiger partial charge in [-0.3, -0.25) is 13.9 Å². The first-order valence-electron chi connectivity index (χ1n) is 6.15. The lowest BCUT2D eigenvalue weighted by Gasteiger charge is -2.23. The number of rotatable bonds is 2. The molecule has 1 saturated heterocycles. The highest BCUT2D eigenvalue weighted by molar-refractivity contribution is 5.59. The second kappa shape index (κ2) is 5.20. The van der Waals surface area contributed by atoms with E-state index in [0.717, 1.165) is 17.7 Å². The van der Waals surface area contributed by atoms with Crippen molar-refractivity contribution < 1.29 is 0 Å². The number of likely N-dealkylation sites (tertiary alicyclic amines) is 1. The maximum Gasteiger partial charge on any atom is 0.332 e. The summed E-state index contributed by atoms with van der Waals surface area (Å²) >= 11 is 0. The van der Waals surface area contributed by atoms with Crippen molar-refractivity contribution in [1.82, 2.24) is 14.0 Å². The van der Waals surface area contributed by atoms with E-state index in [9.17, 15) is 9.59 Å². The van der Waals surface area contributed by atoms with Gasteiger partial charge in [-0.2, -0.15) is 0 Å². The van der Waals surface area contributed by atoms with Crippen LogP contribution >= 0.6 is 0 Å². The molecule has 0 aromatic carbocycles. The summed E-state index contributed by atoms with van der Waals surface area (Å²) in [5.74, 6) is 0.397. The van der Waals surface area contributed by atoms with Gasteiger partial charge in [-0.25, -0.2) is 9.79 Å². The van der Waals surface area contributed by atoms with Gasteiger partial charge in [0.15, 0.2) is 0 Å². The van der Waals surface area contributed by atoms with Gasteiger partial charge in [0, 0.05) is 33.3 Å². The normalized spacial score (nSPS) is 16.4. The van der Waals surface area contributed by atoms with Crippen molar-refractivity contribution in [3.05, 3.63) is 26.9 Å². The molecule has 6 heteroatoms. The summed E-state index contributed by atoms with van der Waals surface area (Å²) < 4.78 is 2.45. The van der Waals surface area contributed by atoms with Crippen molar-refractivity contribution in [1.29, 1.82) is 0 Å². The lowest BCUT2D eigenvalue weighted by Crippen LogP contribution is -2.36. The predicted molar refractivity (Wildman–Crippen MR) is 70.5 cm³/mol. The summed E-state index contributed by atoms with van der Waals surface area (Å²) in [4.78, 5) is 29.6. The van der Waals surface area contributed by atoms with E-state index in [0.29, 0.717) is 5.82 Å². The fourth-order valence-electron chi connectivity index (χ4n) is 2.02. The van der Waals surface area contributed by atoms with Gasteiger partial charge in [-0.1, -0.05) is 0 Å². The zero-order chi connectivity index (χ0) is 13.1. The second-order valence-electron chi connectivity index (χ2n) is 4.58. The number of hydrogen-bond donors (Lipinski definition) is 0. The van der Waals surface area contributed by atoms with Crippen molar-refractivity contribution in [2.45, 2.75) is 19.3 Å². The van der Waals surface area contributed by atoms with Crippen LogP contribution in [0.25, 0.3) is 0 Å².